The summed E-state index contributed by atoms with van der Waals surface area (Å²) in [5.74, 6) is -1.71. The van der Waals surface area contributed by atoms with Crippen LogP contribution >= 0.6 is 0 Å². The Morgan fingerprint density at radius 2 is 1.87 bits per heavy atom. The number of nitrogens with zero attached hydrogens (tertiary/aromatic N) is 2. The van der Waals surface area contributed by atoms with Crippen LogP contribution in [0, 0.1) is 17.0 Å². The van der Waals surface area contributed by atoms with Crippen molar-refractivity contribution in [2.75, 3.05) is 18.9 Å². The van der Waals surface area contributed by atoms with Crippen LogP contribution in [0.25, 0.3) is 0 Å². The van der Waals surface area contributed by atoms with Gasteiger partial charge in [-0.3, -0.25) is 19.7 Å². The van der Waals surface area contributed by atoms with E-state index in [0.29, 0.717) is 5.69 Å². The van der Waals surface area contributed by atoms with Crippen molar-refractivity contribution in [3.05, 3.63) is 57.8 Å². The summed E-state index contributed by atoms with van der Waals surface area (Å²) in [5, 5.41) is 13.2. The molecule has 120 valence electrons. The normalized spacial score (nSPS) is 10.2. The van der Waals surface area contributed by atoms with Gasteiger partial charge in [0.25, 0.3) is 5.91 Å². The van der Waals surface area contributed by atoms with Crippen LogP contribution in [0.15, 0.2) is 40.8 Å². The molecule has 2 rings (SSSR count). The van der Waals surface area contributed by atoms with Gasteiger partial charge < -0.3 is 14.6 Å². The molecule has 0 radical (unpaired) electrons. The molecule has 0 aliphatic carbocycles. The number of carbonyl (C=O) groups is 2. The molecule has 1 aromatic heterocycles. The van der Waals surface area contributed by atoms with Crippen molar-refractivity contribution in [1.82, 2.24) is 4.90 Å². The standard InChI is InChI=1S/C15H15N3O5/c1-10-3-5-11(6-4-10)16-13(19)9-17(2)15(20)12-7-8-14(23-12)18(21)22/h3-8H,9H2,1-2H3,(H,16,19). The summed E-state index contributed by atoms with van der Waals surface area (Å²) in [6.07, 6.45) is 0. The van der Waals surface area contributed by atoms with Gasteiger partial charge in [-0.05, 0) is 25.1 Å². The summed E-state index contributed by atoms with van der Waals surface area (Å²) in [4.78, 5) is 34.9. The maximum Gasteiger partial charge on any atom is 0.433 e. The lowest BCUT2D eigenvalue weighted by Gasteiger charge is -2.15. The van der Waals surface area contributed by atoms with Crippen molar-refractivity contribution in [1.29, 1.82) is 0 Å². The fourth-order valence-corrected chi connectivity index (χ4v) is 1.85. The number of hydrogen-bond donors (Lipinski definition) is 1. The van der Waals surface area contributed by atoms with Crippen molar-refractivity contribution in [2.24, 2.45) is 0 Å². The Labute approximate surface area is 131 Å². The third kappa shape index (κ3) is 4.16. The molecular weight excluding hydrogens is 302 g/mol. The average Bonchev–Trinajstić information content (AvgIpc) is 2.98. The molecule has 2 aromatic rings. The first-order valence-electron chi connectivity index (χ1n) is 6.73. The molecule has 0 aliphatic rings. The van der Waals surface area contributed by atoms with Crippen LogP contribution in [0.5, 0.6) is 0 Å². The van der Waals surface area contributed by atoms with Crippen molar-refractivity contribution in [2.45, 2.75) is 6.92 Å². The number of furan rings is 1. The van der Waals surface area contributed by atoms with Crippen LogP contribution in [-0.2, 0) is 4.79 Å². The predicted molar refractivity (Wildman–Crippen MR) is 82.1 cm³/mol. The van der Waals surface area contributed by atoms with E-state index in [2.05, 4.69) is 5.32 Å². The number of rotatable bonds is 5. The lowest BCUT2D eigenvalue weighted by Crippen LogP contribution is -2.34. The Morgan fingerprint density at radius 1 is 1.22 bits per heavy atom. The fourth-order valence-electron chi connectivity index (χ4n) is 1.85. The molecule has 0 aliphatic heterocycles. The zero-order chi connectivity index (χ0) is 17.0. The molecule has 0 saturated carbocycles. The first kappa shape index (κ1) is 16.2. The van der Waals surface area contributed by atoms with E-state index in [1.54, 1.807) is 12.1 Å². The van der Waals surface area contributed by atoms with E-state index in [0.717, 1.165) is 16.5 Å². The van der Waals surface area contributed by atoms with Crippen molar-refractivity contribution in [3.8, 4) is 0 Å². The molecule has 2 amide bonds. The van der Waals surface area contributed by atoms with Gasteiger partial charge in [-0.1, -0.05) is 17.7 Å². The number of amides is 2. The van der Waals surface area contributed by atoms with Crippen molar-refractivity contribution in [3.63, 3.8) is 0 Å². The Balaban J connectivity index is 1.95. The highest BCUT2D eigenvalue weighted by atomic mass is 16.6. The highest BCUT2D eigenvalue weighted by Gasteiger charge is 2.21. The van der Waals surface area contributed by atoms with E-state index in [9.17, 15) is 19.7 Å². The summed E-state index contributed by atoms with van der Waals surface area (Å²) in [7, 11) is 1.41. The minimum Gasteiger partial charge on any atom is -0.395 e. The molecule has 8 heteroatoms. The molecule has 23 heavy (non-hydrogen) atoms. The number of nitro groups is 1. The molecule has 1 heterocycles. The van der Waals surface area contributed by atoms with E-state index < -0.39 is 16.7 Å². The van der Waals surface area contributed by atoms with Crippen LogP contribution in [-0.4, -0.2) is 35.2 Å². The largest absolute Gasteiger partial charge is 0.433 e. The second-order valence-electron chi connectivity index (χ2n) is 4.97. The highest BCUT2D eigenvalue weighted by molar-refractivity contribution is 5.98. The Morgan fingerprint density at radius 3 is 2.43 bits per heavy atom. The van der Waals surface area contributed by atoms with Gasteiger partial charge in [-0.25, -0.2) is 0 Å². The lowest BCUT2D eigenvalue weighted by atomic mass is 10.2. The van der Waals surface area contributed by atoms with Crippen LogP contribution in [0.1, 0.15) is 16.1 Å². The molecule has 8 nitrogen and oxygen atoms in total. The molecule has 0 spiro atoms. The molecule has 0 bridgehead atoms. The van der Waals surface area contributed by atoms with Crippen LogP contribution in [0.3, 0.4) is 0 Å². The quantitative estimate of drug-likeness (QED) is 0.672. The number of anilines is 1. The second-order valence-corrected chi connectivity index (χ2v) is 4.97. The lowest BCUT2D eigenvalue weighted by molar-refractivity contribution is -0.402. The molecule has 0 unspecified atom stereocenters. The number of benzene rings is 1. The van der Waals surface area contributed by atoms with Crippen molar-refractivity contribution >= 4 is 23.4 Å². The van der Waals surface area contributed by atoms with Crippen molar-refractivity contribution < 1.29 is 18.9 Å². The molecule has 0 fully saturated rings. The Hall–Kier alpha value is -3.16. The third-order valence-electron chi connectivity index (χ3n) is 3.05. The Bertz CT molecular complexity index is 736. The molecule has 1 N–H and O–H groups in total. The molecule has 0 atom stereocenters. The zero-order valence-corrected chi connectivity index (χ0v) is 12.6. The van der Waals surface area contributed by atoms with Gasteiger partial charge in [0.05, 0.1) is 12.6 Å². The van der Waals surface area contributed by atoms with Gasteiger partial charge in [0, 0.05) is 12.7 Å². The van der Waals surface area contributed by atoms with E-state index >= 15 is 0 Å². The average molecular weight is 317 g/mol. The topological polar surface area (TPSA) is 106 Å². The van der Waals surface area contributed by atoms with Gasteiger partial charge >= 0.3 is 5.88 Å². The van der Waals surface area contributed by atoms with Gasteiger partial charge in [0.1, 0.15) is 4.92 Å². The van der Waals surface area contributed by atoms with Crippen LogP contribution < -0.4 is 5.32 Å². The second kappa shape index (κ2) is 6.73. The van der Waals surface area contributed by atoms with E-state index in [4.69, 9.17) is 4.42 Å². The number of carbonyl (C=O) groups excluding carboxylic acids is 2. The highest BCUT2D eigenvalue weighted by Crippen LogP contribution is 2.17. The predicted octanol–water partition coefficient (Wildman–Crippen LogP) is 2.21. The molecule has 0 saturated heterocycles. The summed E-state index contributed by atoms with van der Waals surface area (Å²) < 4.78 is 4.82. The smallest absolute Gasteiger partial charge is 0.395 e. The van der Waals surface area contributed by atoms with E-state index in [1.165, 1.54) is 13.1 Å². The summed E-state index contributed by atoms with van der Waals surface area (Å²) in [6, 6.07) is 9.51. The number of nitrogens with one attached hydrogen (secondary N) is 1. The maximum absolute atomic E-state index is 12.0. The number of aryl methyl sites for hydroxylation is 1. The first-order valence-corrected chi connectivity index (χ1v) is 6.73. The SMILES string of the molecule is Cc1ccc(NC(=O)CN(C)C(=O)c2ccc([N+](=O)[O-])o2)cc1. The molecular formula is C15H15N3O5. The zero-order valence-electron chi connectivity index (χ0n) is 12.6. The first-order chi connectivity index (χ1) is 10.9. The monoisotopic (exact) mass is 317 g/mol. The minimum atomic E-state index is -0.735. The van der Waals surface area contributed by atoms with E-state index in [1.807, 2.05) is 19.1 Å². The third-order valence-corrected chi connectivity index (χ3v) is 3.05. The van der Waals surface area contributed by atoms with Gasteiger partial charge in [0.15, 0.2) is 5.76 Å². The van der Waals surface area contributed by atoms with Gasteiger partial charge in [-0.15, -0.1) is 0 Å². The molecule has 1 aromatic carbocycles. The fraction of sp³-hybridized carbons (Fsp3) is 0.200. The van der Waals surface area contributed by atoms with Crippen LogP contribution in [0.4, 0.5) is 11.6 Å². The summed E-state index contributed by atoms with van der Waals surface area (Å²) in [5.41, 5.74) is 1.68. The number of likely N-dealkylation sites (N-methyl/N-ethyl adjacent to an activating group) is 1. The summed E-state index contributed by atoms with van der Waals surface area (Å²) in [6.45, 7) is 1.72. The van der Waals surface area contributed by atoms with Gasteiger partial charge in [-0.2, -0.15) is 0 Å². The van der Waals surface area contributed by atoms with Crippen LogP contribution in [0.2, 0.25) is 0 Å². The van der Waals surface area contributed by atoms with E-state index in [-0.39, 0.29) is 18.2 Å². The number of hydrogen-bond acceptors (Lipinski definition) is 5. The van der Waals surface area contributed by atoms with Gasteiger partial charge in [0.2, 0.25) is 5.91 Å². The minimum absolute atomic E-state index is 0.192. The summed E-state index contributed by atoms with van der Waals surface area (Å²) >= 11 is 0. The Kier molecular flexibility index (Phi) is 4.75. The maximum atomic E-state index is 12.0.